The first-order valence-electron chi connectivity index (χ1n) is 32.6. The summed E-state index contributed by atoms with van der Waals surface area (Å²) in [5.74, 6) is 0. The Bertz CT molecular complexity index is 4130. The Kier molecular flexibility index (Phi) is 24.2. The van der Waals surface area contributed by atoms with Gasteiger partial charge in [0.15, 0.2) is 0 Å². The van der Waals surface area contributed by atoms with Crippen LogP contribution in [0.1, 0.15) is 0 Å². The summed E-state index contributed by atoms with van der Waals surface area (Å²) >= 11 is 0. The summed E-state index contributed by atoms with van der Waals surface area (Å²) in [5, 5.41) is 0. The van der Waals surface area contributed by atoms with E-state index >= 15 is 0 Å². The molecule has 0 heterocycles. The third-order valence-corrected chi connectivity index (χ3v) is 16.8. The fourth-order valence-corrected chi connectivity index (χ4v) is 12.4. The average molecular weight is 1360 g/mol. The molecule has 0 radical (unpaired) electrons. The van der Waals surface area contributed by atoms with Crippen LogP contribution in [0.5, 0.6) is 0 Å². The minimum absolute atomic E-state index is 0. The van der Waals surface area contributed by atoms with Crippen LogP contribution in [0.2, 0.25) is 0 Å². The molecule has 16 aromatic rings. The molecule has 0 N–H and O–H groups in total. The van der Waals surface area contributed by atoms with Crippen molar-refractivity contribution in [3.05, 3.63) is 437 Å². The minimum atomic E-state index is 0. The first-order valence-corrected chi connectivity index (χ1v) is 32.6. The van der Waals surface area contributed by atoms with Gasteiger partial charge < -0.3 is 0 Å². The molecule has 0 saturated carbocycles. The maximum Gasteiger partial charge on any atom is 0 e. The van der Waals surface area contributed by atoms with E-state index in [2.05, 4.69) is 388 Å². The topological polar surface area (TPSA) is 0 Å². The molecule has 98 heavy (non-hydrogen) atoms. The van der Waals surface area contributed by atoms with Crippen LogP contribution in [0.3, 0.4) is 0 Å². The van der Waals surface area contributed by atoms with Crippen LogP contribution in [0.4, 0.5) is 0 Å². The monoisotopic (exact) mass is 1360 g/mol. The summed E-state index contributed by atoms with van der Waals surface area (Å²) in [6, 6.07) is 157. The fraction of sp³-hybridized carbons (Fsp3) is 0. The van der Waals surface area contributed by atoms with Crippen molar-refractivity contribution in [1.82, 2.24) is 0 Å². The summed E-state index contributed by atoms with van der Waals surface area (Å²) < 4.78 is 0. The molecule has 474 valence electrons. The summed E-state index contributed by atoms with van der Waals surface area (Å²) in [6.45, 7) is 0. The fourth-order valence-electron chi connectivity index (χ4n) is 12.4. The van der Waals surface area contributed by atoms with Crippen molar-refractivity contribution in [3.8, 4) is 134 Å². The van der Waals surface area contributed by atoms with E-state index in [0.29, 0.717) is 0 Å². The normalized spacial score (nSPS) is 10.3. The van der Waals surface area contributed by atoms with Gasteiger partial charge in [0.2, 0.25) is 0 Å². The predicted molar refractivity (Wildman–Crippen MR) is 417 cm³/mol. The van der Waals surface area contributed by atoms with Crippen molar-refractivity contribution in [2.24, 2.45) is 0 Å². The van der Waals surface area contributed by atoms with Crippen LogP contribution in [0, 0.1) is 24.3 Å². The molecule has 0 aliphatic carbocycles. The zero-order valence-corrected chi connectivity index (χ0v) is 57.3. The quantitative estimate of drug-likeness (QED) is 0.0650. The van der Waals surface area contributed by atoms with Crippen molar-refractivity contribution < 1.29 is 20.4 Å². The molecule has 0 spiro atoms. The Hall–Kier alpha value is -11.4. The molecule has 0 aromatic heterocycles. The van der Waals surface area contributed by atoms with Gasteiger partial charge in [0.05, 0.1) is 0 Å². The molecular weight excluding hydrogens is 1290 g/mol. The standard InChI is InChI=1S/4C24H17.H3P.Pd/c4*1-4-11-19(12-5-1)22-17-10-18-23(20-13-6-2-7-14-20)24(22)21-15-8-3-9-16-21;;/h4*1-17H;1H3;/q4*-1;;. The molecule has 0 saturated heterocycles. The number of rotatable bonds is 12. The zero-order valence-electron chi connectivity index (χ0n) is 54.3. The summed E-state index contributed by atoms with van der Waals surface area (Å²) in [7, 11) is 0. The van der Waals surface area contributed by atoms with Gasteiger partial charge in [0, 0.05) is 20.4 Å². The summed E-state index contributed by atoms with van der Waals surface area (Å²) in [6.07, 6.45) is 0. The van der Waals surface area contributed by atoms with Crippen LogP contribution in [0.15, 0.2) is 413 Å². The van der Waals surface area contributed by atoms with Crippen molar-refractivity contribution in [1.29, 1.82) is 0 Å². The van der Waals surface area contributed by atoms with Gasteiger partial charge in [0.1, 0.15) is 0 Å². The molecule has 16 rings (SSSR count). The molecule has 0 amide bonds. The Morgan fingerprint density at radius 2 is 0.255 bits per heavy atom. The van der Waals surface area contributed by atoms with Crippen molar-refractivity contribution in [2.75, 3.05) is 0 Å². The predicted octanol–water partition coefficient (Wildman–Crippen LogP) is 26.0. The van der Waals surface area contributed by atoms with Crippen LogP contribution < -0.4 is 0 Å². The Morgan fingerprint density at radius 1 is 0.133 bits per heavy atom. The summed E-state index contributed by atoms with van der Waals surface area (Å²) in [4.78, 5) is 0. The number of benzene rings is 16. The Balaban J connectivity index is 0.000000131. The van der Waals surface area contributed by atoms with Crippen molar-refractivity contribution >= 4 is 9.90 Å². The molecule has 0 fully saturated rings. The third-order valence-electron chi connectivity index (χ3n) is 16.8. The SMILES string of the molecule is P.[Pd].[c-]1ccc(-c2ccccc2)c(-c2ccccc2)c1-c1ccccc1.[c-]1ccc(-c2ccccc2)c(-c2ccccc2)c1-c1ccccc1.[c-]1ccc(-c2ccccc2)c(-c2ccccc2)c1-c1ccccc1.[c-]1ccc(-c2ccccc2)c(-c2ccccc2)c1-c1ccccc1. The molecule has 0 aliphatic rings. The second kappa shape index (κ2) is 34.9. The van der Waals surface area contributed by atoms with Crippen LogP contribution in [-0.4, -0.2) is 0 Å². The molecule has 0 bridgehead atoms. The molecule has 2 heteroatoms. The van der Waals surface area contributed by atoms with E-state index in [1.54, 1.807) is 0 Å². The van der Waals surface area contributed by atoms with E-state index in [1.165, 1.54) is 111 Å². The average Bonchev–Trinajstić information content (AvgIpc) is 0.811. The van der Waals surface area contributed by atoms with Crippen molar-refractivity contribution in [2.45, 2.75) is 0 Å². The van der Waals surface area contributed by atoms with Gasteiger partial charge in [0.25, 0.3) is 0 Å². The summed E-state index contributed by atoms with van der Waals surface area (Å²) in [5.41, 5.74) is 29.0. The number of hydrogen-bond acceptors (Lipinski definition) is 0. The molecule has 0 nitrogen and oxygen atoms in total. The van der Waals surface area contributed by atoms with Gasteiger partial charge >= 0.3 is 0 Å². The maximum atomic E-state index is 3.46. The molecule has 1 unspecified atom stereocenters. The Labute approximate surface area is 596 Å². The third kappa shape index (κ3) is 16.6. The van der Waals surface area contributed by atoms with Gasteiger partial charge in [-0.1, -0.05) is 453 Å². The van der Waals surface area contributed by atoms with E-state index < -0.39 is 0 Å². The van der Waals surface area contributed by atoms with Gasteiger partial charge in [-0.2, -0.15) is 9.90 Å². The molecule has 1 atom stereocenters. The van der Waals surface area contributed by atoms with E-state index in [-0.39, 0.29) is 30.3 Å². The Morgan fingerprint density at radius 3 is 0.398 bits per heavy atom. The van der Waals surface area contributed by atoms with E-state index in [1.807, 2.05) is 48.5 Å². The van der Waals surface area contributed by atoms with Crippen LogP contribution >= 0.6 is 9.90 Å². The van der Waals surface area contributed by atoms with E-state index in [4.69, 9.17) is 0 Å². The van der Waals surface area contributed by atoms with Gasteiger partial charge in [-0.25, -0.2) is 0 Å². The van der Waals surface area contributed by atoms with Crippen molar-refractivity contribution in [3.63, 3.8) is 0 Å². The largest absolute Gasteiger partial charge is 0.153 e. The first kappa shape index (κ1) is 68.0. The smallest absolute Gasteiger partial charge is 0 e. The molecule has 16 aromatic carbocycles. The minimum Gasteiger partial charge on any atom is -0.153 e. The van der Waals surface area contributed by atoms with Crippen LogP contribution in [-0.2, 0) is 20.4 Å². The molecule has 0 aliphatic heterocycles. The second-order valence-electron chi connectivity index (χ2n) is 23.0. The van der Waals surface area contributed by atoms with Gasteiger partial charge in [-0.05, 0) is 22.3 Å². The van der Waals surface area contributed by atoms with E-state index in [0.717, 1.165) is 22.3 Å². The molecular formula is C96H71PPd-4. The van der Waals surface area contributed by atoms with Gasteiger partial charge in [-0.3, -0.25) is 0 Å². The zero-order chi connectivity index (χ0) is 64.8. The van der Waals surface area contributed by atoms with Crippen LogP contribution in [0.25, 0.3) is 134 Å². The van der Waals surface area contributed by atoms with Gasteiger partial charge in [-0.15, -0.1) is 95.1 Å². The number of hydrogen-bond donors (Lipinski definition) is 0. The maximum absolute atomic E-state index is 3.46. The second-order valence-corrected chi connectivity index (χ2v) is 23.0. The first-order chi connectivity index (χ1) is 47.7. The van der Waals surface area contributed by atoms with E-state index in [9.17, 15) is 0 Å².